The number of H-pyrrole nitrogens is 1. The number of hydrogen-bond acceptors (Lipinski definition) is 3. The normalized spacial score (nSPS) is 12.3. The minimum absolute atomic E-state index is 0.110. The summed E-state index contributed by atoms with van der Waals surface area (Å²) in [5.41, 5.74) is 14.5. The molecule has 0 saturated carbocycles. The van der Waals surface area contributed by atoms with Gasteiger partial charge in [0.15, 0.2) is 0 Å². The fourth-order valence-electron chi connectivity index (χ4n) is 2.95. The second kappa shape index (κ2) is 8.12. The van der Waals surface area contributed by atoms with Gasteiger partial charge in [0.05, 0.1) is 5.52 Å². The van der Waals surface area contributed by atoms with Crippen molar-refractivity contribution >= 4 is 16.8 Å². The summed E-state index contributed by atoms with van der Waals surface area (Å²) in [6.07, 6.45) is 1.61. The van der Waals surface area contributed by atoms with Crippen molar-refractivity contribution in [1.82, 2.24) is 10.3 Å². The zero-order valence-corrected chi connectivity index (χ0v) is 14.5. The van der Waals surface area contributed by atoms with Crippen LogP contribution in [-0.4, -0.2) is 30.0 Å². The Hall–Kier alpha value is -2.70. The molecule has 3 aromatic rings. The Morgan fingerprint density at radius 2 is 1.96 bits per heavy atom. The number of fused-ring (bicyclic) bond motifs is 1. The Labute approximate surface area is 151 Å². The average Bonchev–Trinajstić information content (AvgIpc) is 3.09. The molecular formula is C20H23FN4O. The Kier molecular flexibility index (Phi) is 5.65. The maximum atomic E-state index is 13.2. The standard InChI is InChI=1S/C20H23FN4O/c21-15-8-6-13(7-9-15)17-5-1-3-14-11-18(25-19(14)17)20(26)24-12-16(23)4-2-10-22/h1,3,5-9,11,16,25H,2,4,10,12,22-23H2,(H,24,26). The number of aromatic amines is 1. The molecule has 6 N–H and O–H groups in total. The van der Waals surface area contributed by atoms with Gasteiger partial charge in [0.2, 0.25) is 0 Å². The first-order chi connectivity index (χ1) is 12.6. The molecule has 5 nitrogen and oxygen atoms in total. The van der Waals surface area contributed by atoms with Crippen molar-refractivity contribution in [3.05, 3.63) is 60.0 Å². The number of halogens is 1. The predicted molar refractivity (Wildman–Crippen MR) is 102 cm³/mol. The fourth-order valence-corrected chi connectivity index (χ4v) is 2.95. The number of nitrogens with two attached hydrogens (primary N) is 2. The van der Waals surface area contributed by atoms with E-state index in [1.165, 1.54) is 12.1 Å². The van der Waals surface area contributed by atoms with E-state index in [1.54, 1.807) is 12.1 Å². The highest BCUT2D eigenvalue weighted by molar-refractivity contribution is 6.02. The molecule has 1 unspecified atom stereocenters. The molecular weight excluding hydrogens is 331 g/mol. The van der Waals surface area contributed by atoms with E-state index in [-0.39, 0.29) is 17.8 Å². The monoisotopic (exact) mass is 354 g/mol. The van der Waals surface area contributed by atoms with Gasteiger partial charge in [-0.1, -0.05) is 30.3 Å². The van der Waals surface area contributed by atoms with Crippen LogP contribution in [0.5, 0.6) is 0 Å². The first-order valence-electron chi connectivity index (χ1n) is 8.70. The zero-order chi connectivity index (χ0) is 18.5. The number of para-hydroxylation sites is 1. The third kappa shape index (κ3) is 4.09. The summed E-state index contributed by atoms with van der Waals surface area (Å²) in [5.74, 6) is -0.479. The van der Waals surface area contributed by atoms with E-state index in [2.05, 4.69) is 10.3 Å². The van der Waals surface area contributed by atoms with Crippen LogP contribution in [0, 0.1) is 5.82 Å². The largest absolute Gasteiger partial charge is 0.350 e. The van der Waals surface area contributed by atoms with Crippen LogP contribution in [-0.2, 0) is 0 Å². The summed E-state index contributed by atoms with van der Waals surface area (Å²) in [6.45, 7) is 0.995. The Bertz CT molecular complexity index is 888. The van der Waals surface area contributed by atoms with Gasteiger partial charge in [-0.3, -0.25) is 4.79 Å². The number of aromatic nitrogens is 1. The zero-order valence-electron chi connectivity index (χ0n) is 14.5. The molecule has 1 amide bonds. The number of carbonyl (C=O) groups excluding carboxylic acids is 1. The van der Waals surface area contributed by atoms with Crippen LogP contribution in [0.25, 0.3) is 22.0 Å². The number of carbonyl (C=O) groups is 1. The van der Waals surface area contributed by atoms with Gasteiger partial charge in [-0.05, 0) is 43.1 Å². The van der Waals surface area contributed by atoms with Crippen molar-refractivity contribution in [1.29, 1.82) is 0 Å². The molecule has 0 radical (unpaired) electrons. The van der Waals surface area contributed by atoms with Gasteiger partial charge in [-0.15, -0.1) is 0 Å². The van der Waals surface area contributed by atoms with Crippen LogP contribution < -0.4 is 16.8 Å². The number of amides is 1. The van der Waals surface area contributed by atoms with Crippen molar-refractivity contribution in [3.63, 3.8) is 0 Å². The first kappa shape index (κ1) is 18.1. The summed E-state index contributed by atoms with van der Waals surface area (Å²) in [6, 6.07) is 13.8. The summed E-state index contributed by atoms with van der Waals surface area (Å²) < 4.78 is 13.2. The average molecular weight is 354 g/mol. The van der Waals surface area contributed by atoms with Crippen LogP contribution in [0.3, 0.4) is 0 Å². The van der Waals surface area contributed by atoms with Crippen LogP contribution in [0.2, 0.25) is 0 Å². The topological polar surface area (TPSA) is 96.9 Å². The summed E-state index contributed by atoms with van der Waals surface area (Å²) >= 11 is 0. The van der Waals surface area contributed by atoms with Crippen molar-refractivity contribution in [2.45, 2.75) is 18.9 Å². The minimum atomic E-state index is -0.279. The van der Waals surface area contributed by atoms with Crippen molar-refractivity contribution in [3.8, 4) is 11.1 Å². The molecule has 6 heteroatoms. The van der Waals surface area contributed by atoms with Crippen LogP contribution in [0.1, 0.15) is 23.3 Å². The van der Waals surface area contributed by atoms with Gasteiger partial charge in [0.1, 0.15) is 11.5 Å². The molecule has 136 valence electrons. The molecule has 1 atom stereocenters. The van der Waals surface area contributed by atoms with Gasteiger partial charge >= 0.3 is 0 Å². The highest BCUT2D eigenvalue weighted by Crippen LogP contribution is 2.28. The minimum Gasteiger partial charge on any atom is -0.350 e. The molecule has 0 aliphatic rings. The van der Waals surface area contributed by atoms with E-state index in [1.807, 2.05) is 24.3 Å². The lowest BCUT2D eigenvalue weighted by atomic mass is 10.0. The molecule has 0 fully saturated rings. The van der Waals surface area contributed by atoms with Gasteiger partial charge in [-0.2, -0.15) is 0 Å². The molecule has 0 bridgehead atoms. The lowest BCUT2D eigenvalue weighted by Crippen LogP contribution is -2.37. The van der Waals surface area contributed by atoms with E-state index in [0.717, 1.165) is 34.9 Å². The van der Waals surface area contributed by atoms with E-state index < -0.39 is 0 Å². The van der Waals surface area contributed by atoms with E-state index in [9.17, 15) is 9.18 Å². The van der Waals surface area contributed by atoms with Crippen LogP contribution in [0.4, 0.5) is 4.39 Å². The highest BCUT2D eigenvalue weighted by Gasteiger charge is 2.13. The number of benzene rings is 2. The molecule has 3 rings (SSSR count). The fraction of sp³-hybridized carbons (Fsp3) is 0.250. The van der Waals surface area contributed by atoms with Crippen LogP contribution >= 0.6 is 0 Å². The van der Waals surface area contributed by atoms with Gasteiger partial charge < -0.3 is 21.8 Å². The van der Waals surface area contributed by atoms with E-state index in [4.69, 9.17) is 11.5 Å². The van der Waals surface area contributed by atoms with Gasteiger partial charge in [0.25, 0.3) is 5.91 Å². The maximum Gasteiger partial charge on any atom is 0.267 e. The number of rotatable bonds is 7. The molecule has 2 aromatic carbocycles. The lowest BCUT2D eigenvalue weighted by Gasteiger charge is -2.11. The van der Waals surface area contributed by atoms with Crippen molar-refractivity contribution in [2.24, 2.45) is 11.5 Å². The Balaban J connectivity index is 1.80. The molecule has 0 aliphatic heterocycles. The van der Waals surface area contributed by atoms with Crippen molar-refractivity contribution in [2.75, 3.05) is 13.1 Å². The van der Waals surface area contributed by atoms with Crippen LogP contribution in [0.15, 0.2) is 48.5 Å². The lowest BCUT2D eigenvalue weighted by molar-refractivity contribution is 0.0946. The maximum absolute atomic E-state index is 13.2. The Morgan fingerprint density at radius 1 is 1.19 bits per heavy atom. The molecule has 0 saturated heterocycles. The summed E-state index contributed by atoms with van der Waals surface area (Å²) in [4.78, 5) is 15.6. The predicted octanol–water partition coefficient (Wildman–Crippen LogP) is 2.77. The molecule has 1 heterocycles. The second-order valence-electron chi connectivity index (χ2n) is 6.36. The Morgan fingerprint density at radius 3 is 2.69 bits per heavy atom. The smallest absolute Gasteiger partial charge is 0.267 e. The first-order valence-corrected chi connectivity index (χ1v) is 8.70. The van der Waals surface area contributed by atoms with E-state index >= 15 is 0 Å². The summed E-state index contributed by atoms with van der Waals surface area (Å²) in [5, 5.41) is 3.77. The van der Waals surface area contributed by atoms with Crippen molar-refractivity contribution < 1.29 is 9.18 Å². The number of nitrogens with one attached hydrogen (secondary N) is 2. The van der Waals surface area contributed by atoms with Gasteiger partial charge in [0, 0.05) is 23.5 Å². The van der Waals surface area contributed by atoms with E-state index in [0.29, 0.717) is 18.8 Å². The summed E-state index contributed by atoms with van der Waals surface area (Å²) in [7, 11) is 0. The number of hydrogen-bond donors (Lipinski definition) is 4. The molecule has 0 aliphatic carbocycles. The van der Waals surface area contributed by atoms with Gasteiger partial charge in [-0.25, -0.2) is 4.39 Å². The third-order valence-corrected chi connectivity index (χ3v) is 4.36. The molecule has 26 heavy (non-hydrogen) atoms. The third-order valence-electron chi connectivity index (χ3n) is 4.36. The molecule has 0 spiro atoms. The second-order valence-corrected chi connectivity index (χ2v) is 6.36. The molecule has 1 aromatic heterocycles. The quantitative estimate of drug-likeness (QED) is 0.525. The highest BCUT2D eigenvalue weighted by atomic mass is 19.1. The SMILES string of the molecule is NCCCC(N)CNC(=O)c1cc2cccc(-c3ccc(F)cc3)c2[nH]1.